The Balaban J connectivity index is 1.90. The molecule has 1 heterocycles. The first-order chi connectivity index (χ1) is 10.1. The van der Waals surface area contributed by atoms with Crippen LogP contribution in [0.5, 0.6) is 5.75 Å². The fraction of sp³-hybridized carbons (Fsp3) is 0.588. The number of nitrogens with zero attached hydrogens (tertiary/aromatic N) is 1. The van der Waals surface area contributed by atoms with Gasteiger partial charge in [-0.15, -0.1) is 0 Å². The molecular formula is C17H26N2O2. The Labute approximate surface area is 126 Å². The molecule has 1 saturated heterocycles. The van der Waals surface area contributed by atoms with Gasteiger partial charge in [0.1, 0.15) is 5.75 Å². The third-order valence-electron chi connectivity index (χ3n) is 4.45. The summed E-state index contributed by atoms with van der Waals surface area (Å²) >= 11 is 0. The van der Waals surface area contributed by atoms with Crippen molar-refractivity contribution < 1.29 is 9.90 Å². The van der Waals surface area contributed by atoms with Crippen molar-refractivity contribution in [3.8, 4) is 5.75 Å². The summed E-state index contributed by atoms with van der Waals surface area (Å²) < 4.78 is 0. The summed E-state index contributed by atoms with van der Waals surface area (Å²) in [6.07, 6.45) is 5.10. The number of rotatable bonds is 4. The van der Waals surface area contributed by atoms with E-state index in [1.807, 2.05) is 17.0 Å². The summed E-state index contributed by atoms with van der Waals surface area (Å²) in [5, 5.41) is 9.28. The number of benzene rings is 1. The molecule has 1 aromatic rings. The number of amides is 1. The molecule has 2 unspecified atom stereocenters. The van der Waals surface area contributed by atoms with Gasteiger partial charge in [-0.1, -0.05) is 25.5 Å². The van der Waals surface area contributed by atoms with E-state index in [9.17, 15) is 9.90 Å². The Bertz CT molecular complexity index is 458. The van der Waals surface area contributed by atoms with Gasteiger partial charge < -0.3 is 15.7 Å². The lowest BCUT2D eigenvalue weighted by atomic mass is 9.98. The van der Waals surface area contributed by atoms with E-state index in [0.717, 1.165) is 37.4 Å². The van der Waals surface area contributed by atoms with Crippen molar-refractivity contribution in [1.82, 2.24) is 4.90 Å². The second kappa shape index (κ2) is 7.46. The van der Waals surface area contributed by atoms with Gasteiger partial charge in [0.2, 0.25) is 5.91 Å². The predicted octanol–water partition coefficient (Wildman–Crippen LogP) is 2.30. The number of nitrogens with two attached hydrogens (primary N) is 1. The standard InChI is InChI=1S/C17H26N2O2/c1-2-13-4-3-10-19(11-9-13)17(21)16(18)12-14-5-7-15(20)8-6-14/h5-8,13,16,20H,2-4,9-12,18H2,1H3. The minimum absolute atomic E-state index is 0.0554. The molecule has 0 aliphatic carbocycles. The first-order valence-corrected chi connectivity index (χ1v) is 7.92. The summed E-state index contributed by atoms with van der Waals surface area (Å²) in [6.45, 7) is 3.89. The molecule has 2 atom stereocenters. The summed E-state index contributed by atoms with van der Waals surface area (Å²) in [5.74, 6) is 1.03. The van der Waals surface area contributed by atoms with Gasteiger partial charge in [0, 0.05) is 13.1 Å². The smallest absolute Gasteiger partial charge is 0.239 e. The number of carbonyl (C=O) groups excluding carboxylic acids is 1. The highest BCUT2D eigenvalue weighted by atomic mass is 16.3. The second-order valence-electron chi connectivity index (χ2n) is 6.01. The van der Waals surface area contributed by atoms with Crippen LogP contribution in [0.15, 0.2) is 24.3 Å². The van der Waals surface area contributed by atoms with Crippen molar-refractivity contribution in [3.05, 3.63) is 29.8 Å². The van der Waals surface area contributed by atoms with E-state index >= 15 is 0 Å². The van der Waals surface area contributed by atoms with E-state index in [1.54, 1.807) is 12.1 Å². The maximum Gasteiger partial charge on any atom is 0.239 e. The van der Waals surface area contributed by atoms with Gasteiger partial charge in [0.05, 0.1) is 6.04 Å². The molecule has 3 N–H and O–H groups in total. The van der Waals surface area contributed by atoms with E-state index in [2.05, 4.69) is 6.92 Å². The third kappa shape index (κ3) is 4.46. The molecule has 21 heavy (non-hydrogen) atoms. The van der Waals surface area contributed by atoms with Crippen LogP contribution in [-0.4, -0.2) is 35.0 Å². The van der Waals surface area contributed by atoms with Crippen LogP contribution in [0, 0.1) is 5.92 Å². The largest absolute Gasteiger partial charge is 0.508 e. The highest BCUT2D eigenvalue weighted by Crippen LogP contribution is 2.21. The molecule has 4 heteroatoms. The van der Waals surface area contributed by atoms with Gasteiger partial charge in [-0.3, -0.25) is 4.79 Å². The molecule has 0 aromatic heterocycles. The zero-order chi connectivity index (χ0) is 15.2. The minimum atomic E-state index is -0.493. The molecule has 1 amide bonds. The molecule has 116 valence electrons. The monoisotopic (exact) mass is 290 g/mol. The SMILES string of the molecule is CCC1CCCN(C(=O)C(N)Cc2ccc(O)cc2)CC1. The highest BCUT2D eigenvalue weighted by Gasteiger charge is 2.24. The van der Waals surface area contributed by atoms with E-state index in [0.29, 0.717) is 6.42 Å². The molecule has 0 spiro atoms. The van der Waals surface area contributed by atoms with Gasteiger partial charge >= 0.3 is 0 Å². The van der Waals surface area contributed by atoms with Crippen molar-refractivity contribution >= 4 is 5.91 Å². The molecule has 2 rings (SSSR count). The lowest BCUT2D eigenvalue weighted by Gasteiger charge is -2.24. The number of phenols is 1. The summed E-state index contributed by atoms with van der Waals surface area (Å²) in [5.41, 5.74) is 7.06. The number of hydrogen-bond donors (Lipinski definition) is 2. The molecule has 4 nitrogen and oxygen atoms in total. The Kier molecular flexibility index (Phi) is 5.62. The van der Waals surface area contributed by atoms with Crippen LogP contribution in [-0.2, 0) is 11.2 Å². The molecule has 1 fully saturated rings. The lowest BCUT2D eigenvalue weighted by Crippen LogP contribution is -2.45. The lowest BCUT2D eigenvalue weighted by molar-refractivity contribution is -0.132. The normalized spacial score (nSPS) is 20.9. The Morgan fingerprint density at radius 1 is 1.33 bits per heavy atom. The zero-order valence-corrected chi connectivity index (χ0v) is 12.8. The third-order valence-corrected chi connectivity index (χ3v) is 4.45. The second-order valence-corrected chi connectivity index (χ2v) is 6.01. The van der Waals surface area contributed by atoms with Crippen LogP contribution in [0.3, 0.4) is 0 Å². The predicted molar refractivity (Wildman–Crippen MR) is 84.0 cm³/mol. The number of likely N-dealkylation sites (tertiary alicyclic amines) is 1. The topological polar surface area (TPSA) is 66.6 Å². The van der Waals surface area contributed by atoms with Crippen LogP contribution >= 0.6 is 0 Å². The number of carbonyl (C=O) groups is 1. The summed E-state index contributed by atoms with van der Waals surface area (Å²) in [6, 6.07) is 6.40. The van der Waals surface area contributed by atoms with Crippen molar-refractivity contribution in [3.63, 3.8) is 0 Å². The van der Waals surface area contributed by atoms with Crippen molar-refractivity contribution in [2.45, 2.75) is 45.1 Å². The van der Waals surface area contributed by atoms with E-state index in [-0.39, 0.29) is 11.7 Å². The van der Waals surface area contributed by atoms with E-state index in [4.69, 9.17) is 5.73 Å². The minimum Gasteiger partial charge on any atom is -0.508 e. The zero-order valence-electron chi connectivity index (χ0n) is 12.8. The fourth-order valence-corrected chi connectivity index (χ4v) is 3.00. The Morgan fingerprint density at radius 3 is 2.71 bits per heavy atom. The maximum absolute atomic E-state index is 12.5. The first kappa shape index (κ1) is 15.8. The van der Waals surface area contributed by atoms with Crippen LogP contribution in [0.25, 0.3) is 0 Å². The Hall–Kier alpha value is -1.55. The van der Waals surface area contributed by atoms with Crippen LogP contribution in [0.2, 0.25) is 0 Å². The van der Waals surface area contributed by atoms with Crippen molar-refractivity contribution in [2.75, 3.05) is 13.1 Å². The maximum atomic E-state index is 12.5. The van der Waals surface area contributed by atoms with Crippen molar-refractivity contribution in [2.24, 2.45) is 11.7 Å². The van der Waals surface area contributed by atoms with Crippen LogP contribution in [0.4, 0.5) is 0 Å². The van der Waals surface area contributed by atoms with E-state index < -0.39 is 6.04 Å². The average Bonchev–Trinajstić information content (AvgIpc) is 2.74. The summed E-state index contributed by atoms with van der Waals surface area (Å²) in [4.78, 5) is 14.4. The van der Waals surface area contributed by atoms with Gasteiger partial charge in [-0.05, 0) is 49.3 Å². The molecular weight excluding hydrogens is 264 g/mol. The molecule has 1 aliphatic heterocycles. The quantitative estimate of drug-likeness (QED) is 0.894. The highest BCUT2D eigenvalue weighted by molar-refractivity contribution is 5.82. The number of phenolic OH excluding ortho intramolecular Hbond substituents is 1. The molecule has 0 saturated carbocycles. The number of hydrogen-bond acceptors (Lipinski definition) is 3. The van der Waals surface area contributed by atoms with Crippen LogP contribution in [0.1, 0.15) is 38.2 Å². The molecule has 1 aliphatic rings. The molecule has 1 aromatic carbocycles. The van der Waals surface area contributed by atoms with Gasteiger partial charge in [-0.25, -0.2) is 0 Å². The average molecular weight is 290 g/mol. The molecule has 0 radical (unpaired) electrons. The van der Waals surface area contributed by atoms with Crippen LogP contribution < -0.4 is 5.73 Å². The fourth-order valence-electron chi connectivity index (χ4n) is 3.00. The van der Waals surface area contributed by atoms with Gasteiger partial charge in [-0.2, -0.15) is 0 Å². The van der Waals surface area contributed by atoms with Crippen molar-refractivity contribution in [1.29, 1.82) is 0 Å². The summed E-state index contributed by atoms with van der Waals surface area (Å²) in [7, 11) is 0. The number of aromatic hydroxyl groups is 1. The molecule has 0 bridgehead atoms. The first-order valence-electron chi connectivity index (χ1n) is 7.92. The Morgan fingerprint density at radius 2 is 2.05 bits per heavy atom. The van der Waals surface area contributed by atoms with Gasteiger partial charge in [0.25, 0.3) is 0 Å². The van der Waals surface area contributed by atoms with E-state index in [1.165, 1.54) is 12.8 Å². The van der Waals surface area contributed by atoms with Gasteiger partial charge in [0.15, 0.2) is 0 Å².